The normalized spacial score (nSPS) is 17.4. The Kier molecular flexibility index (Phi) is 3.66. The summed E-state index contributed by atoms with van der Waals surface area (Å²) >= 11 is 12.1. The topological polar surface area (TPSA) is 73.6 Å². The minimum atomic E-state index is -0.0972. The molecule has 0 saturated carbocycles. The van der Waals surface area contributed by atoms with Crippen LogP contribution in [0.25, 0.3) is 0 Å². The summed E-state index contributed by atoms with van der Waals surface area (Å²) in [6, 6.07) is 11.2. The fourth-order valence-corrected chi connectivity index (χ4v) is 2.73. The van der Waals surface area contributed by atoms with E-state index in [4.69, 9.17) is 39.5 Å². The van der Waals surface area contributed by atoms with E-state index in [-0.39, 0.29) is 6.10 Å². The predicted molar refractivity (Wildman–Crippen MR) is 84.9 cm³/mol. The van der Waals surface area contributed by atoms with Gasteiger partial charge >= 0.3 is 0 Å². The van der Waals surface area contributed by atoms with Crippen LogP contribution in [-0.4, -0.2) is 5.84 Å². The van der Waals surface area contributed by atoms with Gasteiger partial charge in [0.15, 0.2) is 0 Å². The summed E-state index contributed by atoms with van der Waals surface area (Å²) in [5, 5.41) is 4.53. The molecule has 1 unspecified atom stereocenters. The van der Waals surface area contributed by atoms with Gasteiger partial charge in [0.2, 0.25) is 0 Å². The second-order valence-corrected chi connectivity index (χ2v) is 5.64. The lowest BCUT2D eigenvalue weighted by Crippen LogP contribution is -2.16. The first-order chi connectivity index (χ1) is 10.1. The SMILES string of the molecule is N/N=C(\N)c1cccc(C2Cc3cc(Cl)c(Cl)cc3O2)c1. The standard InChI is InChI=1S/C15H13Cl2N3O/c16-11-5-10-6-13(21-14(10)7-12(11)17)8-2-1-3-9(4-8)15(18)20-19/h1-5,7,13H,6,19H2,(H2,18,20). The molecule has 0 amide bonds. The number of amidine groups is 1. The van der Waals surface area contributed by atoms with Gasteiger partial charge in [0.25, 0.3) is 0 Å². The van der Waals surface area contributed by atoms with Gasteiger partial charge in [-0.25, -0.2) is 0 Å². The van der Waals surface area contributed by atoms with Crippen LogP contribution in [0.1, 0.15) is 22.8 Å². The number of nitrogens with zero attached hydrogens (tertiary/aromatic N) is 1. The zero-order valence-electron chi connectivity index (χ0n) is 11.0. The van der Waals surface area contributed by atoms with E-state index in [0.717, 1.165) is 28.9 Å². The molecule has 2 aromatic carbocycles. The van der Waals surface area contributed by atoms with Gasteiger partial charge in [-0.15, -0.1) is 0 Å². The van der Waals surface area contributed by atoms with E-state index < -0.39 is 0 Å². The van der Waals surface area contributed by atoms with Gasteiger partial charge in [0.05, 0.1) is 10.0 Å². The third-order valence-corrected chi connectivity index (χ3v) is 4.19. The number of halogens is 2. The Morgan fingerprint density at radius 3 is 2.71 bits per heavy atom. The van der Waals surface area contributed by atoms with Crippen molar-refractivity contribution in [3.05, 3.63) is 63.1 Å². The van der Waals surface area contributed by atoms with Crippen molar-refractivity contribution in [1.82, 2.24) is 0 Å². The maximum Gasteiger partial charge on any atom is 0.150 e. The molecule has 1 atom stereocenters. The zero-order valence-corrected chi connectivity index (χ0v) is 12.5. The highest BCUT2D eigenvalue weighted by Crippen LogP contribution is 2.40. The van der Waals surface area contributed by atoms with Crippen molar-refractivity contribution in [3.63, 3.8) is 0 Å². The van der Waals surface area contributed by atoms with Crippen molar-refractivity contribution in [2.24, 2.45) is 16.7 Å². The Hall–Kier alpha value is -1.91. The summed E-state index contributed by atoms with van der Waals surface area (Å²) in [4.78, 5) is 0. The molecule has 0 fully saturated rings. The number of hydrazone groups is 1. The van der Waals surface area contributed by atoms with Crippen molar-refractivity contribution in [2.75, 3.05) is 0 Å². The summed E-state index contributed by atoms with van der Waals surface area (Å²) in [7, 11) is 0. The highest BCUT2D eigenvalue weighted by Gasteiger charge is 2.25. The predicted octanol–water partition coefficient (Wildman–Crippen LogP) is 3.25. The van der Waals surface area contributed by atoms with Gasteiger partial charge in [-0.05, 0) is 23.3 Å². The summed E-state index contributed by atoms with van der Waals surface area (Å²) in [5.41, 5.74) is 8.55. The Balaban J connectivity index is 1.91. The maximum absolute atomic E-state index is 6.04. The molecular formula is C15H13Cl2N3O. The molecule has 0 radical (unpaired) electrons. The molecule has 2 aromatic rings. The smallest absolute Gasteiger partial charge is 0.150 e. The first kappa shape index (κ1) is 14.0. The van der Waals surface area contributed by atoms with Crippen LogP contribution in [0.5, 0.6) is 5.75 Å². The Labute approximate surface area is 132 Å². The molecule has 0 aliphatic carbocycles. The average Bonchev–Trinajstić information content (AvgIpc) is 2.90. The number of nitrogens with two attached hydrogens (primary N) is 2. The van der Waals surface area contributed by atoms with E-state index in [1.165, 1.54) is 0 Å². The van der Waals surface area contributed by atoms with E-state index in [9.17, 15) is 0 Å². The number of rotatable bonds is 2. The summed E-state index contributed by atoms with van der Waals surface area (Å²) in [5.74, 6) is 6.27. The fraction of sp³-hybridized carbons (Fsp3) is 0.133. The van der Waals surface area contributed by atoms with Crippen LogP contribution in [0.3, 0.4) is 0 Å². The molecule has 1 heterocycles. The molecule has 4 nitrogen and oxygen atoms in total. The quantitative estimate of drug-likeness (QED) is 0.386. The first-order valence-electron chi connectivity index (χ1n) is 6.36. The first-order valence-corrected chi connectivity index (χ1v) is 7.12. The van der Waals surface area contributed by atoms with Gasteiger partial charge in [0.1, 0.15) is 17.7 Å². The van der Waals surface area contributed by atoms with E-state index in [1.54, 1.807) is 6.07 Å². The molecule has 0 saturated heterocycles. The van der Waals surface area contributed by atoms with E-state index in [2.05, 4.69) is 5.10 Å². The minimum Gasteiger partial charge on any atom is -0.485 e. The second-order valence-electron chi connectivity index (χ2n) is 4.82. The molecule has 108 valence electrons. The Bertz CT molecular complexity index is 700. The van der Waals surface area contributed by atoms with E-state index >= 15 is 0 Å². The molecule has 6 heteroatoms. The molecule has 21 heavy (non-hydrogen) atoms. The summed E-state index contributed by atoms with van der Waals surface area (Å²) < 4.78 is 5.94. The van der Waals surface area contributed by atoms with Crippen LogP contribution in [0.4, 0.5) is 0 Å². The number of benzene rings is 2. The van der Waals surface area contributed by atoms with Crippen LogP contribution in [0, 0.1) is 0 Å². The van der Waals surface area contributed by atoms with Crippen LogP contribution in [-0.2, 0) is 6.42 Å². The molecule has 1 aliphatic rings. The molecule has 4 N–H and O–H groups in total. The van der Waals surface area contributed by atoms with Gasteiger partial charge < -0.3 is 16.3 Å². The van der Waals surface area contributed by atoms with Crippen molar-refractivity contribution in [1.29, 1.82) is 0 Å². The highest BCUT2D eigenvalue weighted by atomic mass is 35.5. The van der Waals surface area contributed by atoms with Gasteiger partial charge in [0, 0.05) is 18.1 Å². The van der Waals surface area contributed by atoms with Crippen molar-refractivity contribution in [3.8, 4) is 5.75 Å². The van der Waals surface area contributed by atoms with Crippen LogP contribution in [0.15, 0.2) is 41.5 Å². The number of hydrogen-bond donors (Lipinski definition) is 2. The molecule has 0 spiro atoms. The fourth-order valence-electron chi connectivity index (χ4n) is 2.39. The number of ether oxygens (including phenoxy) is 1. The molecule has 0 aromatic heterocycles. The lowest BCUT2D eigenvalue weighted by Gasteiger charge is -2.12. The molecule has 0 bridgehead atoms. The number of hydrogen-bond acceptors (Lipinski definition) is 3. The third kappa shape index (κ3) is 2.64. The summed E-state index contributed by atoms with van der Waals surface area (Å²) in [6.45, 7) is 0. The maximum atomic E-state index is 6.04. The monoisotopic (exact) mass is 321 g/mol. The zero-order chi connectivity index (χ0) is 15.0. The van der Waals surface area contributed by atoms with Crippen LogP contribution < -0.4 is 16.3 Å². The number of fused-ring (bicyclic) bond motifs is 1. The van der Waals surface area contributed by atoms with E-state index in [0.29, 0.717) is 15.9 Å². The Morgan fingerprint density at radius 1 is 1.19 bits per heavy atom. The largest absolute Gasteiger partial charge is 0.485 e. The minimum absolute atomic E-state index is 0.0972. The van der Waals surface area contributed by atoms with Crippen LogP contribution in [0.2, 0.25) is 10.0 Å². The highest BCUT2D eigenvalue weighted by molar-refractivity contribution is 6.42. The molecular weight excluding hydrogens is 309 g/mol. The van der Waals surface area contributed by atoms with Crippen molar-refractivity contribution < 1.29 is 4.74 Å². The van der Waals surface area contributed by atoms with Crippen LogP contribution >= 0.6 is 23.2 Å². The van der Waals surface area contributed by atoms with Gasteiger partial charge in [-0.3, -0.25) is 0 Å². The second kappa shape index (κ2) is 5.47. The molecule has 3 rings (SSSR count). The summed E-state index contributed by atoms with van der Waals surface area (Å²) in [6.07, 6.45) is 0.634. The van der Waals surface area contributed by atoms with Crippen molar-refractivity contribution >= 4 is 29.0 Å². The lowest BCUT2D eigenvalue weighted by atomic mass is 10.0. The third-order valence-electron chi connectivity index (χ3n) is 3.47. The Morgan fingerprint density at radius 2 is 1.95 bits per heavy atom. The average molecular weight is 322 g/mol. The molecule has 1 aliphatic heterocycles. The van der Waals surface area contributed by atoms with Crippen molar-refractivity contribution in [2.45, 2.75) is 12.5 Å². The lowest BCUT2D eigenvalue weighted by molar-refractivity contribution is 0.238. The van der Waals surface area contributed by atoms with E-state index in [1.807, 2.05) is 30.3 Å². The van der Waals surface area contributed by atoms with Gasteiger partial charge in [-0.1, -0.05) is 41.4 Å². The van der Waals surface area contributed by atoms with Gasteiger partial charge in [-0.2, -0.15) is 5.10 Å².